The lowest BCUT2D eigenvalue weighted by Gasteiger charge is -2.25. The Balaban J connectivity index is 1.90. The van der Waals surface area contributed by atoms with Gasteiger partial charge in [0.15, 0.2) is 0 Å². The van der Waals surface area contributed by atoms with Gasteiger partial charge in [-0.2, -0.15) is 0 Å². The summed E-state index contributed by atoms with van der Waals surface area (Å²) in [6.45, 7) is 5.74. The van der Waals surface area contributed by atoms with Crippen LogP contribution < -0.4 is 5.32 Å². The fraction of sp³-hybridized carbons (Fsp3) is 0.846. The van der Waals surface area contributed by atoms with Crippen molar-refractivity contribution >= 4 is 11.8 Å². The number of amides is 2. The first kappa shape index (κ1) is 12.4. The second-order valence-corrected chi connectivity index (χ2v) is 5.65. The van der Waals surface area contributed by atoms with Gasteiger partial charge in [0, 0.05) is 25.6 Å². The Morgan fingerprint density at radius 3 is 2.65 bits per heavy atom. The Morgan fingerprint density at radius 2 is 2.18 bits per heavy atom. The predicted molar refractivity (Wildman–Crippen MR) is 65.3 cm³/mol. The number of nitrogens with one attached hydrogen (secondary N) is 1. The van der Waals surface area contributed by atoms with Gasteiger partial charge in [0.1, 0.15) is 0 Å². The van der Waals surface area contributed by atoms with Gasteiger partial charge in [0.2, 0.25) is 11.8 Å². The average molecular weight is 238 g/mol. The second-order valence-electron chi connectivity index (χ2n) is 5.65. The molecule has 0 aromatic carbocycles. The third-order valence-corrected chi connectivity index (χ3v) is 3.54. The zero-order valence-electron chi connectivity index (χ0n) is 10.7. The van der Waals surface area contributed by atoms with Crippen molar-refractivity contribution in [3.05, 3.63) is 0 Å². The molecular weight excluding hydrogens is 216 g/mol. The van der Waals surface area contributed by atoms with E-state index < -0.39 is 0 Å². The van der Waals surface area contributed by atoms with Crippen molar-refractivity contribution in [1.29, 1.82) is 0 Å². The number of carbonyl (C=O) groups excluding carboxylic acids is 2. The first-order valence-corrected chi connectivity index (χ1v) is 6.65. The Labute approximate surface area is 103 Å². The van der Waals surface area contributed by atoms with Gasteiger partial charge in [0.25, 0.3) is 0 Å². The summed E-state index contributed by atoms with van der Waals surface area (Å²) in [6, 6.07) is 0.456. The van der Waals surface area contributed by atoms with E-state index in [1.807, 2.05) is 4.90 Å². The fourth-order valence-electron chi connectivity index (χ4n) is 2.27. The second kappa shape index (κ2) is 5.07. The molecule has 96 valence electrons. The molecule has 17 heavy (non-hydrogen) atoms. The maximum atomic E-state index is 12.3. The van der Waals surface area contributed by atoms with Crippen LogP contribution in [0.15, 0.2) is 0 Å². The van der Waals surface area contributed by atoms with Gasteiger partial charge in [-0.1, -0.05) is 13.8 Å². The molecule has 0 radical (unpaired) electrons. The van der Waals surface area contributed by atoms with E-state index >= 15 is 0 Å². The summed E-state index contributed by atoms with van der Waals surface area (Å²) in [4.78, 5) is 25.5. The Kier molecular flexibility index (Phi) is 3.69. The van der Waals surface area contributed by atoms with Crippen molar-refractivity contribution in [2.45, 2.75) is 45.6 Å². The van der Waals surface area contributed by atoms with Crippen molar-refractivity contribution in [1.82, 2.24) is 10.2 Å². The molecule has 2 fully saturated rings. The van der Waals surface area contributed by atoms with Crippen LogP contribution in [0.5, 0.6) is 0 Å². The minimum Gasteiger partial charge on any atom is -0.355 e. The molecule has 0 aromatic rings. The standard InChI is InChI=1S/C13H22N2O2/c1-9(2)5-6-15(11-3-4-11)13(17)10-7-12(16)14-8-10/h9-11H,3-8H2,1-2H3,(H,14,16). The van der Waals surface area contributed by atoms with Crippen LogP contribution in [0.3, 0.4) is 0 Å². The summed E-state index contributed by atoms with van der Waals surface area (Å²) in [5, 5.41) is 2.74. The lowest BCUT2D eigenvalue weighted by atomic mass is 10.1. The summed E-state index contributed by atoms with van der Waals surface area (Å²) < 4.78 is 0. The van der Waals surface area contributed by atoms with Crippen LogP contribution in [0.2, 0.25) is 0 Å². The molecule has 1 unspecified atom stereocenters. The molecule has 4 heteroatoms. The molecule has 1 saturated carbocycles. The van der Waals surface area contributed by atoms with E-state index in [1.165, 1.54) is 0 Å². The molecular formula is C13H22N2O2. The summed E-state index contributed by atoms with van der Waals surface area (Å²) in [5.41, 5.74) is 0. The summed E-state index contributed by atoms with van der Waals surface area (Å²) in [6.07, 6.45) is 3.70. The number of carbonyl (C=O) groups is 2. The molecule has 1 aliphatic carbocycles. The molecule has 2 aliphatic rings. The molecule has 0 bridgehead atoms. The lowest BCUT2D eigenvalue weighted by molar-refractivity contribution is -0.136. The Bertz CT molecular complexity index is 311. The predicted octanol–water partition coefficient (Wildman–Crippen LogP) is 1.16. The molecule has 2 rings (SSSR count). The SMILES string of the molecule is CC(C)CCN(C(=O)C1CNC(=O)C1)C1CC1. The first-order chi connectivity index (χ1) is 8.08. The van der Waals surface area contributed by atoms with Crippen LogP contribution in [-0.4, -0.2) is 35.8 Å². The zero-order chi connectivity index (χ0) is 12.4. The van der Waals surface area contributed by atoms with Crippen LogP contribution in [0.4, 0.5) is 0 Å². The number of nitrogens with zero attached hydrogens (tertiary/aromatic N) is 1. The molecule has 2 amide bonds. The van der Waals surface area contributed by atoms with Crippen molar-refractivity contribution in [3.63, 3.8) is 0 Å². The molecule has 0 spiro atoms. The molecule has 4 nitrogen and oxygen atoms in total. The first-order valence-electron chi connectivity index (χ1n) is 6.65. The number of hydrogen-bond donors (Lipinski definition) is 1. The third-order valence-electron chi connectivity index (χ3n) is 3.54. The molecule has 1 saturated heterocycles. The normalized spacial score (nSPS) is 23.9. The highest BCUT2D eigenvalue weighted by molar-refractivity contribution is 5.89. The molecule has 0 aromatic heterocycles. The smallest absolute Gasteiger partial charge is 0.228 e. The Hall–Kier alpha value is -1.06. The van der Waals surface area contributed by atoms with Crippen LogP contribution >= 0.6 is 0 Å². The topological polar surface area (TPSA) is 49.4 Å². The largest absolute Gasteiger partial charge is 0.355 e. The van der Waals surface area contributed by atoms with Crippen LogP contribution in [0.25, 0.3) is 0 Å². The van der Waals surface area contributed by atoms with Crippen LogP contribution in [0.1, 0.15) is 39.5 Å². The average Bonchev–Trinajstić information content (AvgIpc) is 3.00. The van der Waals surface area contributed by atoms with Gasteiger partial charge in [0.05, 0.1) is 5.92 Å². The number of hydrogen-bond acceptors (Lipinski definition) is 2. The van der Waals surface area contributed by atoms with E-state index in [0.29, 0.717) is 24.9 Å². The molecule has 1 heterocycles. The zero-order valence-corrected chi connectivity index (χ0v) is 10.7. The van der Waals surface area contributed by atoms with Crippen molar-refractivity contribution in [2.75, 3.05) is 13.1 Å². The minimum atomic E-state index is -0.115. The van der Waals surface area contributed by atoms with Gasteiger partial charge >= 0.3 is 0 Å². The summed E-state index contributed by atoms with van der Waals surface area (Å²) >= 11 is 0. The lowest BCUT2D eigenvalue weighted by Crippen LogP contribution is -2.39. The molecule has 1 aliphatic heterocycles. The van der Waals surface area contributed by atoms with E-state index in [1.54, 1.807) is 0 Å². The summed E-state index contributed by atoms with van der Waals surface area (Å²) in [5.74, 6) is 0.706. The van der Waals surface area contributed by atoms with Crippen LogP contribution in [0, 0.1) is 11.8 Å². The van der Waals surface area contributed by atoms with E-state index in [-0.39, 0.29) is 17.7 Å². The maximum Gasteiger partial charge on any atom is 0.228 e. The van der Waals surface area contributed by atoms with E-state index in [0.717, 1.165) is 25.8 Å². The highest BCUT2D eigenvalue weighted by atomic mass is 16.2. The highest BCUT2D eigenvalue weighted by Gasteiger charge is 2.38. The van der Waals surface area contributed by atoms with E-state index in [9.17, 15) is 9.59 Å². The molecule has 1 N–H and O–H groups in total. The van der Waals surface area contributed by atoms with Crippen LogP contribution in [-0.2, 0) is 9.59 Å². The summed E-state index contributed by atoms with van der Waals surface area (Å²) in [7, 11) is 0. The highest BCUT2D eigenvalue weighted by Crippen LogP contribution is 2.29. The van der Waals surface area contributed by atoms with Crippen molar-refractivity contribution in [2.24, 2.45) is 11.8 Å². The fourth-order valence-corrected chi connectivity index (χ4v) is 2.27. The van der Waals surface area contributed by atoms with Gasteiger partial charge in [-0.05, 0) is 25.2 Å². The van der Waals surface area contributed by atoms with Gasteiger partial charge < -0.3 is 10.2 Å². The van der Waals surface area contributed by atoms with E-state index in [4.69, 9.17) is 0 Å². The minimum absolute atomic E-state index is 0.0166. The quantitative estimate of drug-likeness (QED) is 0.781. The van der Waals surface area contributed by atoms with Crippen molar-refractivity contribution in [3.8, 4) is 0 Å². The van der Waals surface area contributed by atoms with Crippen molar-refractivity contribution < 1.29 is 9.59 Å². The Morgan fingerprint density at radius 1 is 1.47 bits per heavy atom. The molecule has 1 atom stereocenters. The van der Waals surface area contributed by atoms with E-state index in [2.05, 4.69) is 19.2 Å². The van der Waals surface area contributed by atoms with Gasteiger partial charge in [-0.25, -0.2) is 0 Å². The number of rotatable bonds is 5. The maximum absolute atomic E-state index is 12.3. The van der Waals surface area contributed by atoms with Gasteiger partial charge in [-0.3, -0.25) is 9.59 Å². The third kappa shape index (κ3) is 3.20. The monoisotopic (exact) mass is 238 g/mol. The van der Waals surface area contributed by atoms with Gasteiger partial charge in [-0.15, -0.1) is 0 Å².